The van der Waals surface area contributed by atoms with Crippen LogP contribution in [0.5, 0.6) is 0 Å². The van der Waals surface area contributed by atoms with Crippen LogP contribution in [0.15, 0.2) is 0 Å². The molecule has 0 radical (unpaired) electrons. The molecule has 0 saturated carbocycles. The van der Waals surface area contributed by atoms with Gasteiger partial charge in [-0.3, -0.25) is 4.90 Å². The summed E-state index contributed by atoms with van der Waals surface area (Å²) in [4.78, 5) is 5.26. The maximum absolute atomic E-state index is 5.20. The van der Waals surface area contributed by atoms with E-state index in [1.54, 1.807) is 7.11 Å². The number of hydrogen-bond donors (Lipinski definition) is 1. The van der Waals surface area contributed by atoms with E-state index in [4.69, 9.17) is 4.74 Å². The van der Waals surface area contributed by atoms with Crippen molar-refractivity contribution in [1.82, 2.24) is 15.1 Å². The second-order valence-electron chi connectivity index (χ2n) is 6.35. The van der Waals surface area contributed by atoms with Gasteiger partial charge in [0.2, 0.25) is 0 Å². The number of hydrogen-bond acceptors (Lipinski definition) is 4. The van der Waals surface area contributed by atoms with E-state index in [0.717, 1.165) is 32.3 Å². The molecule has 2 aliphatic heterocycles. The third-order valence-corrected chi connectivity index (χ3v) is 4.46. The summed E-state index contributed by atoms with van der Waals surface area (Å²) in [5.41, 5.74) is 0.392. The van der Waals surface area contributed by atoms with Gasteiger partial charge in [-0.25, -0.2) is 0 Å². The van der Waals surface area contributed by atoms with E-state index in [0.29, 0.717) is 5.41 Å². The lowest BCUT2D eigenvalue weighted by atomic mass is 9.78. The molecule has 0 spiro atoms. The molecule has 1 N–H and O–H groups in total. The third-order valence-electron chi connectivity index (χ3n) is 4.46. The summed E-state index contributed by atoms with van der Waals surface area (Å²) in [6, 6.07) is 0.749. The molecule has 0 bridgehead atoms. The van der Waals surface area contributed by atoms with Crippen molar-refractivity contribution in [2.75, 3.05) is 59.5 Å². The van der Waals surface area contributed by atoms with E-state index in [2.05, 4.69) is 29.0 Å². The number of rotatable bonds is 4. The Morgan fingerprint density at radius 2 is 1.94 bits per heavy atom. The molecule has 2 rings (SSSR count). The zero-order valence-electron chi connectivity index (χ0n) is 12.2. The van der Waals surface area contributed by atoms with Crippen LogP contribution < -0.4 is 5.32 Å². The fraction of sp³-hybridized carbons (Fsp3) is 1.00. The number of piperidine rings is 1. The summed E-state index contributed by atoms with van der Waals surface area (Å²) in [6.45, 7) is 13.9. The molecule has 0 aliphatic carbocycles. The highest BCUT2D eigenvalue weighted by molar-refractivity contribution is 4.94. The minimum atomic E-state index is 0.392. The molecule has 0 aromatic rings. The second-order valence-corrected chi connectivity index (χ2v) is 6.35. The van der Waals surface area contributed by atoms with Gasteiger partial charge in [0, 0.05) is 52.4 Å². The van der Waals surface area contributed by atoms with Gasteiger partial charge >= 0.3 is 0 Å². The Morgan fingerprint density at radius 3 is 2.56 bits per heavy atom. The van der Waals surface area contributed by atoms with Crippen molar-refractivity contribution in [2.45, 2.75) is 26.3 Å². The maximum atomic E-state index is 5.20. The van der Waals surface area contributed by atoms with Crippen molar-refractivity contribution in [1.29, 1.82) is 0 Å². The Hall–Kier alpha value is -0.160. The molecule has 106 valence electrons. The molecule has 0 amide bonds. The predicted octanol–water partition coefficient (Wildman–Crippen LogP) is 0.639. The lowest BCUT2D eigenvalue weighted by molar-refractivity contribution is -0.00613. The van der Waals surface area contributed by atoms with Crippen molar-refractivity contribution in [2.24, 2.45) is 5.41 Å². The SMILES string of the molecule is COCCN1CCC(N2CCNCC2)C(C)(C)C1. The van der Waals surface area contributed by atoms with E-state index in [-0.39, 0.29) is 0 Å². The Labute approximate surface area is 112 Å². The highest BCUT2D eigenvalue weighted by atomic mass is 16.5. The van der Waals surface area contributed by atoms with Crippen molar-refractivity contribution >= 4 is 0 Å². The van der Waals surface area contributed by atoms with E-state index >= 15 is 0 Å². The van der Waals surface area contributed by atoms with Crippen LogP contribution >= 0.6 is 0 Å². The standard InChI is InChI=1S/C14H29N3O/c1-14(2)12-16(10-11-18-3)7-4-13(14)17-8-5-15-6-9-17/h13,15H,4-12H2,1-3H3. The molecule has 1 atom stereocenters. The van der Waals surface area contributed by atoms with Crippen LogP contribution in [-0.4, -0.2) is 75.4 Å². The molecule has 2 aliphatic rings. The molecule has 1 unspecified atom stereocenters. The van der Waals surface area contributed by atoms with Crippen molar-refractivity contribution in [3.63, 3.8) is 0 Å². The van der Waals surface area contributed by atoms with Crippen molar-refractivity contribution in [3.8, 4) is 0 Å². The average Bonchev–Trinajstić information content (AvgIpc) is 2.36. The maximum Gasteiger partial charge on any atom is 0.0589 e. The van der Waals surface area contributed by atoms with Crippen LogP contribution in [0.1, 0.15) is 20.3 Å². The van der Waals surface area contributed by atoms with Gasteiger partial charge in [0.15, 0.2) is 0 Å². The van der Waals surface area contributed by atoms with E-state index in [1.807, 2.05) is 0 Å². The van der Waals surface area contributed by atoms with Gasteiger partial charge in [0.05, 0.1) is 6.61 Å². The lowest BCUT2D eigenvalue weighted by Crippen LogP contribution is -2.59. The Balaban J connectivity index is 1.89. The molecule has 2 fully saturated rings. The van der Waals surface area contributed by atoms with Crippen LogP contribution in [-0.2, 0) is 4.74 Å². The highest BCUT2D eigenvalue weighted by Gasteiger charge is 2.39. The van der Waals surface area contributed by atoms with Crippen LogP contribution in [0.25, 0.3) is 0 Å². The summed E-state index contributed by atoms with van der Waals surface area (Å²) in [7, 11) is 1.79. The zero-order valence-corrected chi connectivity index (χ0v) is 12.2. The summed E-state index contributed by atoms with van der Waals surface area (Å²) in [5, 5.41) is 3.45. The van der Waals surface area contributed by atoms with Gasteiger partial charge in [0.1, 0.15) is 0 Å². The number of methoxy groups -OCH3 is 1. The zero-order chi connectivity index (χ0) is 13.0. The largest absolute Gasteiger partial charge is 0.383 e. The first-order chi connectivity index (χ1) is 8.63. The first kappa shape index (κ1) is 14.3. The molecule has 2 saturated heterocycles. The lowest BCUT2D eigenvalue weighted by Gasteiger charge is -2.50. The minimum Gasteiger partial charge on any atom is -0.383 e. The van der Waals surface area contributed by atoms with Gasteiger partial charge < -0.3 is 15.0 Å². The molecule has 0 aromatic heterocycles. The summed E-state index contributed by atoms with van der Waals surface area (Å²) < 4.78 is 5.20. The van der Waals surface area contributed by atoms with Gasteiger partial charge in [-0.2, -0.15) is 0 Å². The number of nitrogens with zero attached hydrogens (tertiary/aromatic N) is 2. The topological polar surface area (TPSA) is 27.7 Å². The number of ether oxygens (including phenoxy) is 1. The highest BCUT2D eigenvalue weighted by Crippen LogP contribution is 2.33. The molecule has 18 heavy (non-hydrogen) atoms. The van der Waals surface area contributed by atoms with Crippen LogP contribution in [0.3, 0.4) is 0 Å². The third kappa shape index (κ3) is 3.44. The van der Waals surface area contributed by atoms with Crippen LogP contribution in [0, 0.1) is 5.41 Å². The Kier molecular flexibility index (Phi) is 5.01. The normalized spacial score (nSPS) is 30.5. The van der Waals surface area contributed by atoms with Crippen molar-refractivity contribution < 1.29 is 4.74 Å². The smallest absolute Gasteiger partial charge is 0.0589 e. The van der Waals surface area contributed by atoms with Gasteiger partial charge in [0.25, 0.3) is 0 Å². The molecular formula is C14H29N3O. The monoisotopic (exact) mass is 255 g/mol. The van der Waals surface area contributed by atoms with E-state index < -0.39 is 0 Å². The predicted molar refractivity (Wildman–Crippen MR) is 74.9 cm³/mol. The molecule has 4 heteroatoms. The summed E-state index contributed by atoms with van der Waals surface area (Å²) >= 11 is 0. The molecular weight excluding hydrogens is 226 g/mol. The summed E-state index contributed by atoms with van der Waals surface area (Å²) in [6.07, 6.45) is 1.30. The Bertz CT molecular complexity index is 251. The molecule has 4 nitrogen and oxygen atoms in total. The number of piperazine rings is 1. The summed E-state index contributed by atoms with van der Waals surface area (Å²) in [5.74, 6) is 0. The van der Waals surface area contributed by atoms with Gasteiger partial charge in [-0.1, -0.05) is 13.8 Å². The van der Waals surface area contributed by atoms with Crippen LogP contribution in [0.4, 0.5) is 0 Å². The van der Waals surface area contributed by atoms with Crippen molar-refractivity contribution in [3.05, 3.63) is 0 Å². The Morgan fingerprint density at radius 1 is 1.22 bits per heavy atom. The number of nitrogens with one attached hydrogen (secondary N) is 1. The first-order valence-electron chi connectivity index (χ1n) is 7.29. The van der Waals surface area contributed by atoms with Gasteiger partial charge in [-0.15, -0.1) is 0 Å². The van der Waals surface area contributed by atoms with Gasteiger partial charge in [-0.05, 0) is 18.4 Å². The fourth-order valence-electron chi connectivity index (χ4n) is 3.54. The fourth-order valence-corrected chi connectivity index (χ4v) is 3.54. The second kappa shape index (κ2) is 6.33. The van der Waals surface area contributed by atoms with E-state index in [1.165, 1.54) is 32.6 Å². The molecule has 0 aromatic carbocycles. The van der Waals surface area contributed by atoms with E-state index in [9.17, 15) is 0 Å². The minimum absolute atomic E-state index is 0.392. The quantitative estimate of drug-likeness (QED) is 0.798. The molecule has 2 heterocycles. The number of likely N-dealkylation sites (tertiary alicyclic amines) is 1. The van der Waals surface area contributed by atoms with Crippen LogP contribution in [0.2, 0.25) is 0 Å². The average molecular weight is 255 g/mol. The first-order valence-corrected chi connectivity index (χ1v) is 7.29.